The minimum absolute atomic E-state index is 0.227. The molecule has 0 bridgehead atoms. The van der Waals surface area contributed by atoms with Gasteiger partial charge < -0.3 is 44.6 Å². The number of methoxy groups -OCH3 is 2. The van der Waals surface area contributed by atoms with Gasteiger partial charge in [0, 0.05) is 30.6 Å². The first-order valence-corrected chi connectivity index (χ1v) is 20.7. The third-order valence-electron chi connectivity index (χ3n) is 11.9. The zero-order chi connectivity index (χ0) is 42.7. The molecular formula is C47H46N8O7. The molecule has 0 saturated carbocycles. The van der Waals surface area contributed by atoms with E-state index in [1.54, 1.807) is 22.2 Å². The standard InChI is InChI=1S/C47H46N8O7/c1-60-46(58)52-40(28-11-5-3-6-12-28)44(56)54-21-9-15-36(54)42-48-26-34(50-42)30-17-19-38-32(23-30)25-33-24-31(18-20-39(33)62-38)35-27-49-43(51-35)37-16-10-22-55(37)45(57)41(53-47(59)61-2)29-13-7-4-8-14-29/h3-8,11-14,17-20,23-24,26-27,36-37,40-41H,9-10,15-16,21-22,25H2,1-2H3,(H,48,50)(H,49,51)(H,52,58)(H,53,59)/t36-,37+,40+,41?/m0/s1. The molecule has 0 aliphatic carbocycles. The number of hydrogen-bond donors (Lipinski definition) is 4. The van der Waals surface area contributed by atoms with Crippen molar-refractivity contribution in [3.05, 3.63) is 143 Å². The lowest BCUT2D eigenvalue weighted by molar-refractivity contribution is -0.135. The van der Waals surface area contributed by atoms with Crippen LogP contribution in [0.3, 0.4) is 0 Å². The van der Waals surface area contributed by atoms with Gasteiger partial charge >= 0.3 is 12.2 Å². The van der Waals surface area contributed by atoms with Gasteiger partial charge in [0.1, 0.15) is 35.2 Å². The van der Waals surface area contributed by atoms with Crippen LogP contribution in [-0.4, -0.2) is 81.0 Å². The Bertz CT molecular complexity index is 2430. The number of benzene rings is 4. The van der Waals surface area contributed by atoms with Gasteiger partial charge in [-0.05, 0) is 84.3 Å². The molecule has 3 aliphatic rings. The fraction of sp³-hybridized carbons (Fsp3) is 0.277. The smallest absolute Gasteiger partial charge is 0.407 e. The van der Waals surface area contributed by atoms with Crippen molar-refractivity contribution in [1.82, 2.24) is 40.4 Å². The first kappa shape index (κ1) is 40.0. The number of H-pyrrole nitrogens is 2. The zero-order valence-corrected chi connectivity index (χ0v) is 34.3. The lowest BCUT2D eigenvalue weighted by Crippen LogP contribution is -2.42. The van der Waals surface area contributed by atoms with Gasteiger partial charge in [-0.25, -0.2) is 19.6 Å². The van der Waals surface area contributed by atoms with Crippen molar-refractivity contribution in [1.29, 1.82) is 0 Å². The number of likely N-dealkylation sites (tertiary alicyclic amines) is 2. The molecule has 4 aromatic carbocycles. The van der Waals surface area contributed by atoms with Crippen LogP contribution in [0, 0.1) is 0 Å². The number of ether oxygens (including phenoxy) is 3. The van der Waals surface area contributed by atoms with Crippen molar-refractivity contribution >= 4 is 24.0 Å². The maximum Gasteiger partial charge on any atom is 0.407 e. The highest BCUT2D eigenvalue weighted by atomic mass is 16.5. The monoisotopic (exact) mass is 834 g/mol. The number of carbonyl (C=O) groups excluding carboxylic acids is 4. The summed E-state index contributed by atoms with van der Waals surface area (Å²) in [4.78, 5) is 72.6. The number of alkyl carbamates (subject to hydrolysis) is 2. The van der Waals surface area contributed by atoms with E-state index in [1.807, 2.05) is 84.9 Å². The summed E-state index contributed by atoms with van der Waals surface area (Å²) in [6.07, 6.45) is 5.92. The van der Waals surface area contributed by atoms with Crippen LogP contribution in [-0.2, 0) is 25.5 Å². The van der Waals surface area contributed by atoms with Gasteiger partial charge in [0.15, 0.2) is 0 Å². The first-order chi connectivity index (χ1) is 30.3. The summed E-state index contributed by atoms with van der Waals surface area (Å²) in [7, 11) is 2.55. The number of aromatic amines is 2. The SMILES string of the molecule is COC(=O)NC(C(=O)N1CCC[C@@H]1c1ncc(-c2ccc3c(c2)Cc2cc(-c4cnc([C@@H]5CCCN5C(=O)[C@H](NC(=O)OC)c5ccccc5)[nH]4)ccc2O3)[nH]1)c1ccccc1. The highest BCUT2D eigenvalue weighted by Crippen LogP contribution is 2.41. The summed E-state index contributed by atoms with van der Waals surface area (Å²) < 4.78 is 16.1. The number of imidazole rings is 2. The van der Waals surface area contributed by atoms with Gasteiger partial charge in [-0.3, -0.25) is 9.59 Å². The van der Waals surface area contributed by atoms with Crippen molar-refractivity contribution in [3.63, 3.8) is 0 Å². The molecule has 62 heavy (non-hydrogen) atoms. The minimum atomic E-state index is -0.900. The molecule has 15 nitrogen and oxygen atoms in total. The summed E-state index contributed by atoms with van der Waals surface area (Å²) in [5, 5.41) is 5.43. The second-order valence-corrected chi connectivity index (χ2v) is 15.6. The number of aromatic nitrogens is 4. The van der Waals surface area contributed by atoms with E-state index in [9.17, 15) is 19.2 Å². The zero-order valence-electron chi connectivity index (χ0n) is 34.3. The average Bonchev–Trinajstić information content (AvgIpc) is 4.16. The molecule has 2 aromatic heterocycles. The van der Waals surface area contributed by atoms with E-state index < -0.39 is 24.3 Å². The Morgan fingerprint density at radius 1 is 0.645 bits per heavy atom. The summed E-state index contributed by atoms with van der Waals surface area (Å²) >= 11 is 0. The topological polar surface area (TPSA) is 184 Å². The van der Waals surface area contributed by atoms with E-state index >= 15 is 0 Å². The molecule has 9 rings (SSSR count). The van der Waals surface area contributed by atoms with Crippen LogP contribution in [0.15, 0.2) is 109 Å². The first-order valence-electron chi connectivity index (χ1n) is 20.7. The molecule has 4 amide bonds. The lowest BCUT2D eigenvalue weighted by atomic mass is 9.96. The van der Waals surface area contributed by atoms with Gasteiger partial charge in [-0.15, -0.1) is 0 Å². The normalized spacial score (nSPS) is 17.6. The Morgan fingerprint density at radius 2 is 1.08 bits per heavy atom. The van der Waals surface area contributed by atoms with Gasteiger partial charge in [0.05, 0.1) is 50.1 Å². The molecule has 2 saturated heterocycles. The number of nitrogens with one attached hydrogen (secondary N) is 4. The highest BCUT2D eigenvalue weighted by Gasteiger charge is 2.39. The van der Waals surface area contributed by atoms with Crippen LogP contribution in [0.5, 0.6) is 11.5 Å². The largest absolute Gasteiger partial charge is 0.457 e. The van der Waals surface area contributed by atoms with E-state index in [0.717, 1.165) is 70.8 Å². The van der Waals surface area contributed by atoms with Gasteiger partial charge in [0.2, 0.25) is 0 Å². The maximum absolute atomic E-state index is 14.0. The second kappa shape index (κ2) is 17.3. The number of hydrogen-bond acceptors (Lipinski definition) is 9. The molecule has 4 N–H and O–H groups in total. The number of carbonyl (C=O) groups is 4. The van der Waals surface area contributed by atoms with E-state index in [1.165, 1.54) is 14.2 Å². The van der Waals surface area contributed by atoms with Crippen molar-refractivity contribution in [2.24, 2.45) is 0 Å². The van der Waals surface area contributed by atoms with Crippen molar-refractivity contribution < 1.29 is 33.4 Å². The molecule has 2 fully saturated rings. The molecule has 316 valence electrons. The molecule has 0 spiro atoms. The highest BCUT2D eigenvalue weighted by molar-refractivity contribution is 5.88. The molecule has 4 atom stereocenters. The lowest BCUT2D eigenvalue weighted by Gasteiger charge is -2.28. The number of fused-ring (bicyclic) bond motifs is 2. The van der Waals surface area contributed by atoms with E-state index in [0.29, 0.717) is 42.3 Å². The molecule has 5 heterocycles. The van der Waals surface area contributed by atoms with Gasteiger partial charge in [-0.2, -0.15) is 0 Å². The number of amides is 4. The molecular weight excluding hydrogens is 789 g/mol. The Hall–Kier alpha value is -7.42. The Morgan fingerprint density at radius 3 is 1.50 bits per heavy atom. The molecule has 0 radical (unpaired) electrons. The average molecular weight is 835 g/mol. The van der Waals surface area contributed by atoms with Crippen LogP contribution in [0.2, 0.25) is 0 Å². The van der Waals surface area contributed by atoms with Crippen LogP contribution in [0.1, 0.15) is 83.8 Å². The van der Waals surface area contributed by atoms with Crippen molar-refractivity contribution in [3.8, 4) is 34.0 Å². The van der Waals surface area contributed by atoms with E-state index in [-0.39, 0.29) is 23.9 Å². The van der Waals surface area contributed by atoms with Crippen molar-refractivity contribution in [2.45, 2.75) is 56.3 Å². The predicted molar refractivity (Wildman–Crippen MR) is 228 cm³/mol. The maximum atomic E-state index is 14.0. The van der Waals surface area contributed by atoms with E-state index in [4.69, 9.17) is 24.2 Å². The molecule has 6 aromatic rings. The summed E-state index contributed by atoms with van der Waals surface area (Å²) in [5.41, 5.74) is 6.86. The number of nitrogens with zero attached hydrogens (tertiary/aromatic N) is 4. The quantitative estimate of drug-likeness (QED) is 0.107. The summed E-state index contributed by atoms with van der Waals surface area (Å²) in [5.74, 6) is 2.45. The Balaban J connectivity index is 0.903. The number of rotatable bonds is 10. The summed E-state index contributed by atoms with van der Waals surface area (Å²) in [6.45, 7) is 1.07. The van der Waals surface area contributed by atoms with Crippen LogP contribution >= 0.6 is 0 Å². The van der Waals surface area contributed by atoms with Crippen molar-refractivity contribution in [2.75, 3.05) is 27.3 Å². The third kappa shape index (κ3) is 7.96. The summed E-state index contributed by atoms with van der Waals surface area (Å²) in [6, 6.07) is 28.1. The second-order valence-electron chi connectivity index (χ2n) is 15.6. The minimum Gasteiger partial charge on any atom is -0.457 e. The molecule has 1 unspecified atom stereocenters. The van der Waals surface area contributed by atoms with Crippen LogP contribution in [0.4, 0.5) is 9.59 Å². The molecule has 3 aliphatic heterocycles. The van der Waals surface area contributed by atoms with Crippen LogP contribution in [0.25, 0.3) is 22.5 Å². The Kier molecular flexibility index (Phi) is 11.2. The van der Waals surface area contributed by atoms with Gasteiger partial charge in [0.25, 0.3) is 11.8 Å². The fourth-order valence-electron chi connectivity index (χ4n) is 8.78. The molecule has 15 heteroatoms. The Labute approximate surface area is 357 Å². The van der Waals surface area contributed by atoms with E-state index in [2.05, 4.69) is 32.7 Å². The predicted octanol–water partition coefficient (Wildman–Crippen LogP) is 7.68. The van der Waals surface area contributed by atoms with Crippen LogP contribution < -0.4 is 15.4 Å². The fourth-order valence-corrected chi connectivity index (χ4v) is 8.78. The van der Waals surface area contributed by atoms with Gasteiger partial charge in [-0.1, -0.05) is 60.7 Å². The third-order valence-corrected chi connectivity index (χ3v) is 11.9.